The van der Waals surface area contributed by atoms with Crippen molar-refractivity contribution in [3.63, 3.8) is 0 Å². The third-order valence-electron chi connectivity index (χ3n) is 7.21. The number of fused-ring (bicyclic) bond motifs is 1. The summed E-state index contributed by atoms with van der Waals surface area (Å²) in [5, 5.41) is 0. The van der Waals surface area contributed by atoms with E-state index in [4.69, 9.17) is 43.6 Å². The number of para-hydroxylation sites is 2. The van der Waals surface area contributed by atoms with Crippen LogP contribution in [0.1, 0.15) is 5.82 Å². The number of nitrogens with zero attached hydrogens (tertiary/aromatic N) is 8. The van der Waals surface area contributed by atoms with Crippen LogP contribution in [0.5, 0.6) is 0 Å². The molecule has 41 heavy (non-hydrogen) atoms. The first-order chi connectivity index (χ1) is 20.2. The molecule has 2 aromatic heterocycles. The zero-order chi connectivity index (χ0) is 28.3. The van der Waals surface area contributed by atoms with Gasteiger partial charge in [-0.3, -0.25) is 9.47 Å². The van der Waals surface area contributed by atoms with Gasteiger partial charge in [0.25, 0.3) is 0 Å². The van der Waals surface area contributed by atoms with E-state index in [-0.39, 0.29) is 0 Å². The van der Waals surface area contributed by atoms with Gasteiger partial charge in [0.1, 0.15) is 5.82 Å². The third-order valence-corrected chi connectivity index (χ3v) is 7.21. The smallest absolute Gasteiger partial charge is 0.242 e. The van der Waals surface area contributed by atoms with E-state index in [0.29, 0.717) is 77.3 Å². The van der Waals surface area contributed by atoms with E-state index in [1.807, 2.05) is 29.7 Å². The Bertz CT molecular complexity index is 1210. The van der Waals surface area contributed by atoms with Gasteiger partial charge in [0.2, 0.25) is 17.8 Å². The first kappa shape index (κ1) is 29.5. The number of aryl methyl sites for hydroxylation is 1. The second kappa shape index (κ2) is 15.3. The van der Waals surface area contributed by atoms with Crippen molar-refractivity contribution in [2.24, 2.45) is 0 Å². The van der Waals surface area contributed by atoms with Crippen LogP contribution in [0.3, 0.4) is 0 Å². The van der Waals surface area contributed by atoms with Crippen LogP contribution in [0.2, 0.25) is 0 Å². The number of anilines is 2. The maximum absolute atomic E-state index is 5.78. The number of morpholine rings is 1. The van der Waals surface area contributed by atoms with Crippen LogP contribution in [0.15, 0.2) is 24.3 Å². The summed E-state index contributed by atoms with van der Waals surface area (Å²) in [6.45, 7) is 13.4. The highest BCUT2D eigenvalue weighted by Crippen LogP contribution is 2.23. The topological polar surface area (TPSA) is 112 Å². The molecule has 0 saturated carbocycles. The van der Waals surface area contributed by atoms with Gasteiger partial charge in [-0.1, -0.05) is 12.1 Å². The van der Waals surface area contributed by atoms with Gasteiger partial charge in [0, 0.05) is 52.9 Å². The van der Waals surface area contributed by atoms with E-state index in [1.165, 1.54) is 0 Å². The standard InChI is InChI=1S/C28H42N8O5/c1-23-29-24-5-3-4-6-25(24)36(23)28-31-26(30-27(32-28)35-12-15-38-16-13-35)34-9-7-33(8-10-34)11-14-39-19-20-41-22-21-40-18-17-37-2/h3-6H,7-22H2,1-2H3. The van der Waals surface area contributed by atoms with E-state index in [2.05, 4.69) is 20.8 Å². The van der Waals surface area contributed by atoms with Gasteiger partial charge in [-0.15, -0.1) is 0 Å². The van der Waals surface area contributed by atoms with Gasteiger partial charge < -0.3 is 33.5 Å². The molecule has 0 radical (unpaired) electrons. The predicted octanol–water partition coefficient (Wildman–Crippen LogP) is 1.17. The van der Waals surface area contributed by atoms with E-state index < -0.39 is 0 Å². The van der Waals surface area contributed by atoms with E-state index in [9.17, 15) is 0 Å². The number of aromatic nitrogens is 5. The summed E-state index contributed by atoms with van der Waals surface area (Å²) in [5.74, 6) is 2.84. The molecule has 1 aromatic carbocycles. The van der Waals surface area contributed by atoms with Crippen LogP contribution in [-0.4, -0.2) is 142 Å². The molecule has 13 heteroatoms. The van der Waals surface area contributed by atoms with Crippen molar-refractivity contribution >= 4 is 22.9 Å². The molecular formula is C28H42N8O5. The second-order valence-corrected chi connectivity index (χ2v) is 9.98. The first-order valence-corrected chi connectivity index (χ1v) is 14.5. The lowest BCUT2D eigenvalue weighted by Gasteiger charge is -2.35. The van der Waals surface area contributed by atoms with Gasteiger partial charge >= 0.3 is 0 Å². The molecule has 2 aliphatic heterocycles. The Hall–Kier alpha value is -2.94. The van der Waals surface area contributed by atoms with E-state index in [1.54, 1.807) is 7.11 Å². The molecule has 0 N–H and O–H groups in total. The van der Waals surface area contributed by atoms with Gasteiger partial charge in [-0.2, -0.15) is 15.0 Å². The molecule has 0 spiro atoms. The predicted molar refractivity (Wildman–Crippen MR) is 155 cm³/mol. The van der Waals surface area contributed by atoms with Crippen LogP contribution >= 0.6 is 0 Å². The molecule has 224 valence electrons. The summed E-state index contributed by atoms with van der Waals surface area (Å²) >= 11 is 0. The maximum Gasteiger partial charge on any atom is 0.242 e. The fraction of sp³-hybridized carbons (Fsp3) is 0.643. The van der Waals surface area contributed by atoms with Gasteiger partial charge in [0.05, 0.1) is 70.5 Å². The van der Waals surface area contributed by atoms with E-state index in [0.717, 1.165) is 62.7 Å². The van der Waals surface area contributed by atoms with Gasteiger partial charge in [-0.25, -0.2) is 4.98 Å². The lowest BCUT2D eigenvalue weighted by atomic mass is 10.3. The van der Waals surface area contributed by atoms with Crippen molar-refractivity contribution < 1.29 is 23.7 Å². The Morgan fingerprint density at radius 1 is 0.683 bits per heavy atom. The Labute approximate surface area is 241 Å². The van der Waals surface area contributed by atoms with Crippen LogP contribution in [0.25, 0.3) is 17.0 Å². The monoisotopic (exact) mass is 570 g/mol. The molecule has 3 aromatic rings. The zero-order valence-corrected chi connectivity index (χ0v) is 24.2. The number of hydrogen-bond acceptors (Lipinski definition) is 12. The average molecular weight is 571 g/mol. The molecule has 0 bridgehead atoms. The van der Waals surface area contributed by atoms with Crippen molar-refractivity contribution in [2.45, 2.75) is 6.92 Å². The Morgan fingerprint density at radius 2 is 1.27 bits per heavy atom. The molecule has 4 heterocycles. The normalized spacial score (nSPS) is 16.6. The number of hydrogen-bond donors (Lipinski definition) is 0. The average Bonchev–Trinajstić information content (AvgIpc) is 3.36. The molecule has 5 rings (SSSR count). The summed E-state index contributed by atoms with van der Waals surface area (Å²) in [5.41, 5.74) is 1.91. The second-order valence-electron chi connectivity index (χ2n) is 9.98. The minimum absolute atomic E-state index is 0.567. The maximum atomic E-state index is 5.78. The number of ether oxygens (including phenoxy) is 5. The lowest BCUT2D eigenvalue weighted by molar-refractivity contribution is 0.000894. The van der Waals surface area contributed by atoms with Crippen LogP contribution in [0, 0.1) is 6.92 Å². The number of rotatable bonds is 15. The Kier molecular flexibility index (Phi) is 11.1. The molecule has 0 aliphatic carbocycles. The first-order valence-electron chi connectivity index (χ1n) is 14.5. The minimum Gasteiger partial charge on any atom is -0.382 e. The molecule has 13 nitrogen and oxygen atoms in total. The van der Waals surface area contributed by atoms with E-state index >= 15 is 0 Å². The quantitative estimate of drug-likeness (QED) is 0.245. The van der Waals surface area contributed by atoms with Crippen molar-refractivity contribution in [1.29, 1.82) is 0 Å². The summed E-state index contributed by atoms with van der Waals surface area (Å²) in [6, 6.07) is 8.08. The SMILES string of the molecule is COCCOCCOCCOCCN1CCN(c2nc(N3CCOCC3)nc(-n3c(C)nc4ccccc43)n2)CC1. The molecule has 2 aliphatic rings. The minimum atomic E-state index is 0.567. The van der Waals surface area contributed by atoms with Crippen LogP contribution in [0.4, 0.5) is 11.9 Å². The molecule has 2 fully saturated rings. The third kappa shape index (κ3) is 8.09. The number of methoxy groups -OCH3 is 1. The van der Waals surface area contributed by atoms with Crippen molar-refractivity contribution in [3.8, 4) is 5.95 Å². The summed E-state index contributed by atoms with van der Waals surface area (Å²) in [7, 11) is 1.66. The molecule has 0 unspecified atom stereocenters. The molecular weight excluding hydrogens is 528 g/mol. The number of benzene rings is 1. The highest BCUT2D eigenvalue weighted by molar-refractivity contribution is 5.77. The highest BCUT2D eigenvalue weighted by Gasteiger charge is 2.24. The summed E-state index contributed by atoms with van der Waals surface area (Å²) in [6.07, 6.45) is 0. The number of imidazole rings is 1. The Morgan fingerprint density at radius 3 is 1.95 bits per heavy atom. The zero-order valence-electron chi connectivity index (χ0n) is 24.2. The fourth-order valence-corrected chi connectivity index (χ4v) is 4.94. The molecule has 0 atom stereocenters. The van der Waals surface area contributed by atoms with Crippen LogP contribution < -0.4 is 9.80 Å². The van der Waals surface area contributed by atoms with Crippen molar-refractivity contribution in [1.82, 2.24) is 29.4 Å². The molecule has 0 amide bonds. The van der Waals surface area contributed by atoms with Gasteiger partial charge in [0.15, 0.2) is 0 Å². The highest BCUT2D eigenvalue weighted by atomic mass is 16.6. The van der Waals surface area contributed by atoms with Gasteiger partial charge in [-0.05, 0) is 19.1 Å². The summed E-state index contributed by atoms with van der Waals surface area (Å²) < 4.78 is 29.2. The van der Waals surface area contributed by atoms with Crippen molar-refractivity contribution in [2.75, 3.05) is 122 Å². The lowest BCUT2D eigenvalue weighted by Crippen LogP contribution is -2.48. The summed E-state index contributed by atoms with van der Waals surface area (Å²) in [4.78, 5) is 26.4. The molecule has 2 saturated heterocycles. The van der Waals surface area contributed by atoms with Crippen molar-refractivity contribution in [3.05, 3.63) is 30.1 Å². The fourth-order valence-electron chi connectivity index (χ4n) is 4.94. The number of piperazine rings is 1. The van der Waals surface area contributed by atoms with Crippen LogP contribution in [-0.2, 0) is 23.7 Å². The largest absolute Gasteiger partial charge is 0.382 e. The Balaban J connectivity index is 1.15.